The SMILES string of the molecule is CCCn1c(C2CCCCC2)nc2cc(Cl)ccc21. The zero-order valence-electron chi connectivity index (χ0n) is 11.5. The third-order valence-corrected chi connectivity index (χ3v) is 4.39. The van der Waals surface area contributed by atoms with Crippen molar-refractivity contribution in [2.45, 2.75) is 57.9 Å². The van der Waals surface area contributed by atoms with Crippen LogP contribution in [0.1, 0.15) is 57.2 Å². The predicted molar refractivity (Wildman–Crippen MR) is 80.9 cm³/mol. The third-order valence-electron chi connectivity index (χ3n) is 4.16. The topological polar surface area (TPSA) is 17.8 Å². The van der Waals surface area contributed by atoms with Crippen LogP contribution in [0.3, 0.4) is 0 Å². The second-order valence-corrected chi connectivity index (χ2v) is 6.03. The number of aryl methyl sites for hydroxylation is 1. The lowest BCUT2D eigenvalue weighted by atomic mass is 9.88. The van der Waals surface area contributed by atoms with Crippen LogP contribution in [-0.4, -0.2) is 9.55 Å². The lowest BCUT2D eigenvalue weighted by Gasteiger charge is -2.22. The Kier molecular flexibility index (Phi) is 3.79. The van der Waals surface area contributed by atoms with E-state index in [1.54, 1.807) is 0 Å². The molecule has 1 fully saturated rings. The maximum Gasteiger partial charge on any atom is 0.112 e. The molecule has 1 saturated carbocycles. The fourth-order valence-corrected chi connectivity index (χ4v) is 3.42. The van der Waals surface area contributed by atoms with E-state index in [1.807, 2.05) is 12.1 Å². The minimum Gasteiger partial charge on any atom is -0.328 e. The quantitative estimate of drug-likeness (QED) is 0.758. The summed E-state index contributed by atoms with van der Waals surface area (Å²) in [5.74, 6) is 1.94. The average molecular weight is 277 g/mol. The van der Waals surface area contributed by atoms with Gasteiger partial charge in [0.2, 0.25) is 0 Å². The molecule has 2 nitrogen and oxygen atoms in total. The molecule has 1 aliphatic rings. The summed E-state index contributed by atoms with van der Waals surface area (Å²) < 4.78 is 2.42. The normalized spacial score (nSPS) is 17.2. The summed E-state index contributed by atoms with van der Waals surface area (Å²) in [5, 5.41) is 0.781. The van der Waals surface area contributed by atoms with Gasteiger partial charge in [-0.2, -0.15) is 0 Å². The van der Waals surface area contributed by atoms with E-state index in [0.717, 1.165) is 23.5 Å². The van der Waals surface area contributed by atoms with E-state index in [-0.39, 0.29) is 0 Å². The molecule has 3 heteroatoms. The fraction of sp³-hybridized carbons (Fsp3) is 0.562. The van der Waals surface area contributed by atoms with Crippen LogP contribution in [-0.2, 0) is 6.54 Å². The Bertz CT molecular complexity index is 567. The van der Waals surface area contributed by atoms with Gasteiger partial charge >= 0.3 is 0 Å². The van der Waals surface area contributed by atoms with Gasteiger partial charge in [-0.15, -0.1) is 0 Å². The molecule has 0 N–H and O–H groups in total. The summed E-state index contributed by atoms with van der Waals surface area (Å²) >= 11 is 6.09. The molecule has 1 aromatic heterocycles. The second kappa shape index (κ2) is 5.54. The molecule has 1 heterocycles. The van der Waals surface area contributed by atoms with Crippen molar-refractivity contribution in [3.63, 3.8) is 0 Å². The van der Waals surface area contributed by atoms with E-state index >= 15 is 0 Å². The highest BCUT2D eigenvalue weighted by molar-refractivity contribution is 6.31. The number of benzene rings is 1. The van der Waals surface area contributed by atoms with E-state index in [0.29, 0.717) is 5.92 Å². The van der Waals surface area contributed by atoms with Crippen LogP contribution in [0.25, 0.3) is 11.0 Å². The molecular formula is C16H21ClN2. The maximum atomic E-state index is 6.09. The zero-order valence-corrected chi connectivity index (χ0v) is 12.3. The fourth-order valence-electron chi connectivity index (χ4n) is 3.25. The van der Waals surface area contributed by atoms with E-state index < -0.39 is 0 Å². The Hall–Kier alpha value is -1.02. The molecule has 0 atom stereocenters. The molecule has 0 radical (unpaired) electrons. The highest BCUT2D eigenvalue weighted by Crippen LogP contribution is 2.34. The van der Waals surface area contributed by atoms with Crippen molar-refractivity contribution < 1.29 is 0 Å². The molecule has 3 rings (SSSR count). The standard InChI is InChI=1S/C16H21ClN2/c1-2-10-19-15-9-8-13(17)11-14(15)18-16(19)12-6-4-3-5-7-12/h8-9,11-12H,2-7,10H2,1H3. The number of halogens is 1. The lowest BCUT2D eigenvalue weighted by molar-refractivity contribution is 0.416. The highest BCUT2D eigenvalue weighted by Gasteiger charge is 2.22. The van der Waals surface area contributed by atoms with Crippen molar-refractivity contribution in [2.75, 3.05) is 0 Å². The summed E-state index contributed by atoms with van der Waals surface area (Å²) in [5.41, 5.74) is 2.30. The van der Waals surface area contributed by atoms with Crippen molar-refractivity contribution in [1.29, 1.82) is 0 Å². The number of hydrogen-bond donors (Lipinski definition) is 0. The number of rotatable bonds is 3. The van der Waals surface area contributed by atoms with E-state index in [4.69, 9.17) is 16.6 Å². The first-order valence-corrected chi connectivity index (χ1v) is 7.83. The smallest absolute Gasteiger partial charge is 0.112 e. The Labute approximate surface area is 119 Å². The molecule has 102 valence electrons. The molecule has 1 aromatic carbocycles. The molecule has 0 bridgehead atoms. The maximum absolute atomic E-state index is 6.09. The van der Waals surface area contributed by atoms with Gasteiger partial charge in [0.05, 0.1) is 11.0 Å². The van der Waals surface area contributed by atoms with E-state index in [2.05, 4.69) is 17.6 Å². The Morgan fingerprint density at radius 2 is 2.05 bits per heavy atom. The van der Waals surface area contributed by atoms with Gasteiger partial charge in [-0.25, -0.2) is 4.98 Å². The van der Waals surface area contributed by atoms with Crippen molar-refractivity contribution in [3.05, 3.63) is 29.0 Å². The largest absolute Gasteiger partial charge is 0.328 e. The van der Waals surface area contributed by atoms with Gasteiger partial charge in [0, 0.05) is 17.5 Å². The van der Waals surface area contributed by atoms with Crippen molar-refractivity contribution in [3.8, 4) is 0 Å². The molecule has 0 unspecified atom stereocenters. The van der Waals surface area contributed by atoms with Gasteiger partial charge in [-0.3, -0.25) is 0 Å². The summed E-state index contributed by atoms with van der Waals surface area (Å²) in [4.78, 5) is 4.89. The summed E-state index contributed by atoms with van der Waals surface area (Å²) in [7, 11) is 0. The van der Waals surface area contributed by atoms with Gasteiger partial charge in [0.1, 0.15) is 5.82 Å². The molecule has 0 spiro atoms. The van der Waals surface area contributed by atoms with E-state index in [9.17, 15) is 0 Å². The Morgan fingerprint density at radius 1 is 1.26 bits per heavy atom. The number of fused-ring (bicyclic) bond motifs is 1. The summed E-state index contributed by atoms with van der Waals surface area (Å²) in [6, 6.07) is 6.09. The van der Waals surface area contributed by atoms with Crippen LogP contribution in [0.4, 0.5) is 0 Å². The van der Waals surface area contributed by atoms with Crippen LogP contribution in [0.2, 0.25) is 5.02 Å². The summed E-state index contributed by atoms with van der Waals surface area (Å²) in [6.45, 7) is 3.29. The van der Waals surface area contributed by atoms with E-state index in [1.165, 1.54) is 43.4 Å². The number of hydrogen-bond acceptors (Lipinski definition) is 1. The molecular weight excluding hydrogens is 256 g/mol. The van der Waals surface area contributed by atoms with Gasteiger partial charge in [-0.05, 0) is 37.5 Å². The first kappa shape index (κ1) is 13.0. The zero-order chi connectivity index (χ0) is 13.2. The van der Waals surface area contributed by atoms with Gasteiger partial charge in [0.15, 0.2) is 0 Å². The molecule has 0 amide bonds. The minimum atomic E-state index is 0.645. The first-order chi connectivity index (χ1) is 9.29. The van der Waals surface area contributed by atoms with Gasteiger partial charge < -0.3 is 4.57 Å². The minimum absolute atomic E-state index is 0.645. The van der Waals surface area contributed by atoms with Gasteiger partial charge in [-0.1, -0.05) is 37.8 Å². The van der Waals surface area contributed by atoms with Crippen LogP contribution >= 0.6 is 11.6 Å². The summed E-state index contributed by atoms with van der Waals surface area (Å²) in [6.07, 6.45) is 7.81. The van der Waals surface area contributed by atoms with Crippen LogP contribution in [0, 0.1) is 0 Å². The lowest BCUT2D eigenvalue weighted by Crippen LogP contribution is -2.12. The van der Waals surface area contributed by atoms with Crippen molar-refractivity contribution in [2.24, 2.45) is 0 Å². The van der Waals surface area contributed by atoms with Crippen LogP contribution in [0.5, 0.6) is 0 Å². The number of imidazole rings is 1. The van der Waals surface area contributed by atoms with Crippen LogP contribution in [0.15, 0.2) is 18.2 Å². The Morgan fingerprint density at radius 3 is 2.79 bits per heavy atom. The first-order valence-electron chi connectivity index (χ1n) is 7.45. The number of aromatic nitrogens is 2. The second-order valence-electron chi connectivity index (χ2n) is 5.59. The number of nitrogens with zero attached hydrogens (tertiary/aromatic N) is 2. The van der Waals surface area contributed by atoms with Crippen molar-refractivity contribution >= 4 is 22.6 Å². The predicted octanol–water partition coefficient (Wildman–Crippen LogP) is 5.15. The molecule has 19 heavy (non-hydrogen) atoms. The highest BCUT2D eigenvalue weighted by atomic mass is 35.5. The molecule has 0 saturated heterocycles. The third kappa shape index (κ3) is 2.51. The van der Waals surface area contributed by atoms with Crippen molar-refractivity contribution in [1.82, 2.24) is 9.55 Å². The van der Waals surface area contributed by atoms with Gasteiger partial charge in [0.25, 0.3) is 0 Å². The molecule has 2 aromatic rings. The van der Waals surface area contributed by atoms with Crippen LogP contribution < -0.4 is 0 Å². The molecule has 0 aliphatic heterocycles. The molecule has 1 aliphatic carbocycles. The Balaban J connectivity index is 2.08. The monoisotopic (exact) mass is 276 g/mol. The average Bonchev–Trinajstić information content (AvgIpc) is 2.78.